The third-order valence-corrected chi connectivity index (χ3v) is 3.95. The van der Waals surface area contributed by atoms with Crippen molar-refractivity contribution in [2.24, 2.45) is 0 Å². The van der Waals surface area contributed by atoms with Crippen LogP contribution in [0.2, 0.25) is 0 Å². The SMILES string of the molecule is CN[C@@H]1CCc2scc(C(F)(F)F)c2C1. The number of hydrogen-bond donors (Lipinski definition) is 1. The second-order valence-electron chi connectivity index (χ2n) is 3.78. The molecule has 2 rings (SSSR count). The fraction of sp³-hybridized carbons (Fsp3) is 0.600. The summed E-state index contributed by atoms with van der Waals surface area (Å²) in [5.41, 5.74) is 0.0838. The highest BCUT2D eigenvalue weighted by Gasteiger charge is 2.37. The lowest BCUT2D eigenvalue weighted by molar-refractivity contribution is -0.138. The molecule has 0 aromatic carbocycles. The third-order valence-electron chi connectivity index (χ3n) is 2.86. The topological polar surface area (TPSA) is 12.0 Å². The second kappa shape index (κ2) is 3.79. The van der Waals surface area contributed by atoms with E-state index in [0.717, 1.165) is 17.7 Å². The fourth-order valence-corrected chi connectivity index (χ4v) is 3.10. The van der Waals surface area contributed by atoms with Crippen molar-refractivity contribution in [3.05, 3.63) is 21.4 Å². The van der Waals surface area contributed by atoms with Gasteiger partial charge in [-0.1, -0.05) is 0 Å². The molecule has 1 aromatic heterocycles. The van der Waals surface area contributed by atoms with Gasteiger partial charge >= 0.3 is 6.18 Å². The minimum absolute atomic E-state index is 0.188. The Labute approximate surface area is 90.3 Å². The maximum Gasteiger partial charge on any atom is 0.417 e. The van der Waals surface area contributed by atoms with Crippen LogP contribution in [0.5, 0.6) is 0 Å². The van der Waals surface area contributed by atoms with E-state index in [1.54, 1.807) is 7.05 Å². The van der Waals surface area contributed by atoms with Gasteiger partial charge in [0, 0.05) is 16.3 Å². The maximum absolute atomic E-state index is 12.6. The Morgan fingerprint density at radius 2 is 2.20 bits per heavy atom. The summed E-state index contributed by atoms with van der Waals surface area (Å²) in [6.45, 7) is 0. The number of nitrogens with one attached hydrogen (secondary N) is 1. The smallest absolute Gasteiger partial charge is 0.317 e. The zero-order valence-corrected chi connectivity index (χ0v) is 9.13. The largest absolute Gasteiger partial charge is 0.417 e. The van der Waals surface area contributed by atoms with Crippen LogP contribution in [-0.2, 0) is 19.0 Å². The van der Waals surface area contributed by atoms with Crippen LogP contribution in [0.3, 0.4) is 0 Å². The zero-order chi connectivity index (χ0) is 11.1. The molecule has 0 aliphatic heterocycles. The minimum Gasteiger partial charge on any atom is -0.317 e. The molecule has 1 heterocycles. The van der Waals surface area contributed by atoms with Crippen molar-refractivity contribution in [1.82, 2.24) is 5.32 Å². The Morgan fingerprint density at radius 1 is 1.47 bits per heavy atom. The van der Waals surface area contributed by atoms with Gasteiger partial charge in [0.2, 0.25) is 0 Å². The Balaban J connectivity index is 2.34. The van der Waals surface area contributed by atoms with E-state index in [-0.39, 0.29) is 6.04 Å². The fourth-order valence-electron chi connectivity index (χ4n) is 1.99. The molecule has 0 saturated heterocycles. The lowest BCUT2D eigenvalue weighted by Crippen LogP contribution is -2.31. The third kappa shape index (κ3) is 2.03. The lowest BCUT2D eigenvalue weighted by atomic mass is 9.92. The van der Waals surface area contributed by atoms with Gasteiger partial charge < -0.3 is 5.32 Å². The van der Waals surface area contributed by atoms with E-state index >= 15 is 0 Å². The summed E-state index contributed by atoms with van der Waals surface area (Å²) in [4.78, 5) is 0.911. The number of fused-ring (bicyclic) bond motifs is 1. The highest BCUT2D eigenvalue weighted by atomic mass is 32.1. The summed E-state index contributed by atoms with van der Waals surface area (Å²) in [7, 11) is 1.80. The van der Waals surface area contributed by atoms with Gasteiger partial charge in [-0.05, 0) is 31.9 Å². The lowest BCUT2D eigenvalue weighted by Gasteiger charge is -2.23. The highest BCUT2D eigenvalue weighted by Crippen LogP contribution is 2.39. The van der Waals surface area contributed by atoms with Gasteiger partial charge in [0.05, 0.1) is 5.56 Å². The second-order valence-corrected chi connectivity index (χ2v) is 4.74. The van der Waals surface area contributed by atoms with E-state index in [0.29, 0.717) is 12.0 Å². The van der Waals surface area contributed by atoms with Crippen LogP contribution in [-0.4, -0.2) is 13.1 Å². The molecule has 1 aromatic rings. The summed E-state index contributed by atoms with van der Waals surface area (Å²) < 4.78 is 37.9. The quantitative estimate of drug-likeness (QED) is 0.789. The number of alkyl halides is 3. The molecule has 0 fully saturated rings. The van der Waals surface area contributed by atoms with Gasteiger partial charge in [0.25, 0.3) is 0 Å². The van der Waals surface area contributed by atoms with Gasteiger partial charge in [0.15, 0.2) is 0 Å². The first-order chi connectivity index (χ1) is 7.02. The summed E-state index contributed by atoms with van der Waals surface area (Å²) in [6, 6.07) is 0.188. The molecule has 0 amide bonds. The maximum atomic E-state index is 12.6. The van der Waals surface area contributed by atoms with Crippen LogP contribution < -0.4 is 5.32 Å². The number of thiophene rings is 1. The van der Waals surface area contributed by atoms with Crippen molar-refractivity contribution in [3.63, 3.8) is 0 Å². The normalized spacial score (nSPS) is 21.5. The molecule has 0 bridgehead atoms. The molecular weight excluding hydrogens is 223 g/mol. The number of likely N-dealkylation sites (N-methyl/N-ethyl adjacent to an activating group) is 1. The summed E-state index contributed by atoms with van der Waals surface area (Å²) in [5.74, 6) is 0. The monoisotopic (exact) mass is 235 g/mol. The van der Waals surface area contributed by atoms with Crippen LogP contribution in [0.1, 0.15) is 22.4 Å². The average molecular weight is 235 g/mol. The van der Waals surface area contributed by atoms with Crippen LogP contribution in [0, 0.1) is 0 Å². The Morgan fingerprint density at radius 3 is 2.80 bits per heavy atom. The molecule has 5 heteroatoms. The van der Waals surface area contributed by atoms with Crippen molar-refractivity contribution < 1.29 is 13.2 Å². The number of halogens is 3. The minimum atomic E-state index is -4.19. The first kappa shape index (κ1) is 11.0. The standard InChI is InChI=1S/C10H12F3NS/c1-14-6-2-3-9-7(4-6)8(5-15-9)10(11,12)13/h5-6,14H,2-4H2,1H3/t6-/m1/s1. The van der Waals surface area contributed by atoms with Crippen molar-refractivity contribution in [2.75, 3.05) is 7.05 Å². The van der Waals surface area contributed by atoms with E-state index in [9.17, 15) is 13.2 Å². The van der Waals surface area contributed by atoms with Crippen LogP contribution >= 0.6 is 11.3 Å². The molecule has 0 radical (unpaired) electrons. The van der Waals surface area contributed by atoms with Gasteiger partial charge in [-0.25, -0.2) is 0 Å². The molecule has 1 aliphatic carbocycles. The van der Waals surface area contributed by atoms with Crippen LogP contribution in [0.15, 0.2) is 5.38 Å². The summed E-state index contributed by atoms with van der Waals surface area (Å²) in [6.07, 6.45) is -1.99. The first-order valence-corrected chi connectivity index (χ1v) is 5.74. The number of hydrogen-bond acceptors (Lipinski definition) is 2. The molecule has 1 atom stereocenters. The molecule has 15 heavy (non-hydrogen) atoms. The van der Waals surface area contributed by atoms with E-state index in [1.165, 1.54) is 16.7 Å². The van der Waals surface area contributed by atoms with E-state index in [1.807, 2.05) is 0 Å². The molecule has 0 spiro atoms. The van der Waals surface area contributed by atoms with Gasteiger partial charge in [-0.3, -0.25) is 0 Å². The molecule has 0 saturated carbocycles. The number of aryl methyl sites for hydroxylation is 1. The van der Waals surface area contributed by atoms with Crippen molar-refractivity contribution in [3.8, 4) is 0 Å². The van der Waals surface area contributed by atoms with Gasteiger partial charge in [0.1, 0.15) is 0 Å². The predicted octanol–water partition coefficient (Wildman–Crippen LogP) is 2.84. The highest BCUT2D eigenvalue weighted by molar-refractivity contribution is 7.10. The molecule has 0 unspecified atom stereocenters. The van der Waals surface area contributed by atoms with Crippen molar-refractivity contribution >= 4 is 11.3 Å². The molecular formula is C10H12F3NS. The van der Waals surface area contributed by atoms with E-state index in [2.05, 4.69) is 5.32 Å². The van der Waals surface area contributed by atoms with Gasteiger partial charge in [-0.15, -0.1) is 11.3 Å². The molecule has 1 nitrogen and oxygen atoms in total. The Kier molecular flexibility index (Phi) is 2.77. The first-order valence-electron chi connectivity index (χ1n) is 4.86. The average Bonchev–Trinajstić information content (AvgIpc) is 2.59. The molecule has 1 N–H and O–H groups in total. The Bertz CT molecular complexity index is 356. The Hall–Kier alpha value is -0.550. The zero-order valence-electron chi connectivity index (χ0n) is 8.32. The van der Waals surface area contributed by atoms with Crippen molar-refractivity contribution in [1.29, 1.82) is 0 Å². The number of rotatable bonds is 1. The van der Waals surface area contributed by atoms with Gasteiger partial charge in [-0.2, -0.15) is 13.2 Å². The van der Waals surface area contributed by atoms with Crippen LogP contribution in [0.4, 0.5) is 13.2 Å². The summed E-state index contributed by atoms with van der Waals surface area (Å²) >= 11 is 1.24. The van der Waals surface area contributed by atoms with E-state index in [4.69, 9.17) is 0 Å². The summed E-state index contributed by atoms with van der Waals surface area (Å²) in [5, 5.41) is 4.30. The van der Waals surface area contributed by atoms with Crippen LogP contribution in [0.25, 0.3) is 0 Å². The van der Waals surface area contributed by atoms with Crippen molar-refractivity contribution in [2.45, 2.75) is 31.5 Å². The predicted molar refractivity (Wildman–Crippen MR) is 54.2 cm³/mol. The molecule has 84 valence electrons. The van der Waals surface area contributed by atoms with E-state index < -0.39 is 11.7 Å². The molecule has 1 aliphatic rings.